The number of fused-ring (bicyclic) bond motifs is 1. The van der Waals surface area contributed by atoms with E-state index >= 15 is 0 Å². The van der Waals surface area contributed by atoms with Crippen molar-refractivity contribution in [1.82, 2.24) is 5.16 Å². The SMILES string of the molecule is Clc1cccc(OCc2noc3c2CCCC3)c1Cl. The van der Waals surface area contributed by atoms with Gasteiger partial charge in [0.25, 0.3) is 0 Å². The lowest BCUT2D eigenvalue weighted by Crippen LogP contribution is -2.04. The van der Waals surface area contributed by atoms with Crippen LogP contribution in [0.25, 0.3) is 0 Å². The predicted molar refractivity (Wildman–Crippen MR) is 73.9 cm³/mol. The normalized spacial score (nSPS) is 14.2. The molecular weight excluding hydrogens is 285 g/mol. The van der Waals surface area contributed by atoms with Gasteiger partial charge in [-0.3, -0.25) is 0 Å². The molecule has 0 amide bonds. The summed E-state index contributed by atoms with van der Waals surface area (Å²) in [5, 5.41) is 5.01. The molecule has 1 aromatic heterocycles. The quantitative estimate of drug-likeness (QED) is 0.840. The maximum Gasteiger partial charge on any atom is 0.140 e. The molecule has 0 fully saturated rings. The lowest BCUT2D eigenvalue weighted by molar-refractivity contribution is 0.287. The highest BCUT2D eigenvalue weighted by Gasteiger charge is 2.19. The molecular formula is C14H13Cl2NO2. The molecule has 0 radical (unpaired) electrons. The summed E-state index contributed by atoms with van der Waals surface area (Å²) in [4.78, 5) is 0. The van der Waals surface area contributed by atoms with Gasteiger partial charge in [-0.15, -0.1) is 0 Å². The van der Waals surface area contributed by atoms with Gasteiger partial charge in [0.15, 0.2) is 0 Å². The largest absolute Gasteiger partial charge is 0.486 e. The van der Waals surface area contributed by atoms with Crippen molar-refractivity contribution in [1.29, 1.82) is 0 Å². The molecule has 0 atom stereocenters. The van der Waals surface area contributed by atoms with E-state index in [2.05, 4.69) is 5.16 Å². The molecule has 1 aliphatic carbocycles. The number of aryl methyl sites for hydroxylation is 1. The van der Waals surface area contributed by atoms with Crippen molar-refractivity contribution in [3.63, 3.8) is 0 Å². The van der Waals surface area contributed by atoms with Gasteiger partial charge in [0.1, 0.15) is 28.8 Å². The Morgan fingerprint density at radius 2 is 2.05 bits per heavy atom. The third-order valence-electron chi connectivity index (χ3n) is 3.31. The molecule has 1 aliphatic rings. The van der Waals surface area contributed by atoms with Crippen molar-refractivity contribution in [3.05, 3.63) is 45.3 Å². The maximum atomic E-state index is 6.08. The highest BCUT2D eigenvalue weighted by atomic mass is 35.5. The van der Waals surface area contributed by atoms with Crippen molar-refractivity contribution in [2.24, 2.45) is 0 Å². The highest BCUT2D eigenvalue weighted by Crippen LogP contribution is 2.32. The Morgan fingerprint density at radius 1 is 1.21 bits per heavy atom. The van der Waals surface area contributed by atoms with Gasteiger partial charge in [0.05, 0.1) is 5.02 Å². The molecule has 1 heterocycles. The minimum atomic E-state index is 0.360. The van der Waals surface area contributed by atoms with Crippen LogP contribution in [0.2, 0.25) is 10.0 Å². The van der Waals surface area contributed by atoms with Gasteiger partial charge in [-0.05, 0) is 31.4 Å². The molecule has 3 rings (SSSR count). The summed E-state index contributed by atoms with van der Waals surface area (Å²) in [7, 11) is 0. The number of nitrogens with zero attached hydrogens (tertiary/aromatic N) is 1. The van der Waals surface area contributed by atoms with Crippen molar-refractivity contribution in [3.8, 4) is 5.75 Å². The second-order valence-electron chi connectivity index (χ2n) is 4.58. The Balaban J connectivity index is 1.76. The molecule has 0 spiro atoms. The average Bonchev–Trinajstić information content (AvgIpc) is 2.84. The first kappa shape index (κ1) is 12.8. The molecule has 19 heavy (non-hydrogen) atoms. The number of benzene rings is 1. The van der Waals surface area contributed by atoms with Gasteiger partial charge in [0.2, 0.25) is 0 Å². The fourth-order valence-electron chi connectivity index (χ4n) is 2.30. The van der Waals surface area contributed by atoms with E-state index in [1.165, 1.54) is 18.4 Å². The Kier molecular flexibility index (Phi) is 3.67. The van der Waals surface area contributed by atoms with Gasteiger partial charge < -0.3 is 9.26 Å². The minimum Gasteiger partial charge on any atom is -0.486 e. The van der Waals surface area contributed by atoms with Crippen molar-refractivity contribution >= 4 is 23.2 Å². The molecule has 3 nitrogen and oxygen atoms in total. The molecule has 0 bridgehead atoms. The summed E-state index contributed by atoms with van der Waals surface area (Å²) >= 11 is 12.0. The van der Waals surface area contributed by atoms with Gasteiger partial charge >= 0.3 is 0 Å². The van der Waals surface area contributed by atoms with Crippen LogP contribution in [0.1, 0.15) is 29.9 Å². The smallest absolute Gasteiger partial charge is 0.140 e. The fraction of sp³-hybridized carbons (Fsp3) is 0.357. The Labute approximate surface area is 121 Å². The summed E-state index contributed by atoms with van der Waals surface area (Å²) in [5.74, 6) is 1.57. The summed E-state index contributed by atoms with van der Waals surface area (Å²) in [6.07, 6.45) is 4.34. The molecule has 100 valence electrons. The summed E-state index contributed by atoms with van der Waals surface area (Å²) in [5.41, 5.74) is 2.06. The maximum absolute atomic E-state index is 6.08. The molecule has 1 aromatic carbocycles. The Hall–Kier alpha value is -1.19. The van der Waals surface area contributed by atoms with Crippen LogP contribution in [-0.2, 0) is 19.4 Å². The zero-order chi connectivity index (χ0) is 13.2. The zero-order valence-electron chi connectivity index (χ0n) is 10.3. The zero-order valence-corrected chi connectivity index (χ0v) is 11.8. The monoisotopic (exact) mass is 297 g/mol. The molecule has 0 aliphatic heterocycles. The van der Waals surface area contributed by atoms with Gasteiger partial charge in [-0.25, -0.2) is 0 Å². The van der Waals surface area contributed by atoms with Gasteiger partial charge in [-0.2, -0.15) is 0 Å². The van der Waals surface area contributed by atoms with Gasteiger partial charge in [0, 0.05) is 12.0 Å². The molecule has 5 heteroatoms. The Morgan fingerprint density at radius 3 is 2.95 bits per heavy atom. The van der Waals surface area contributed by atoms with Gasteiger partial charge in [-0.1, -0.05) is 34.4 Å². The van der Waals surface area contributed by atoms with E-state index in [1.54, 1.807) is 12.1 Å². The minimum absolute atomic E-state index is 0.360. The predicted octanol–water partition coefficient (Wildman–Crippen LogP) is 4.44. The van der Waals surface area contributed by atoms with Crippen LogP contribution in [0.3, 0.4) is 0 Å². The number of rotatable bonds is 3. The van der Waals surface area contributed by atoms with Crippen LogP contribution in [0, 0.1) is 0 Å². The molecule has 0 unspecified atom stereocenters. The van der Waals surface area contributed by atoms with Crippen LogP contribution < -0.4 is 4.74 Å². The first-order chi connectivity index (χ1) is 9.25. The van der Waals surface area contributed by atoms with E-state index < -0.39 is 0 Å². The van der Waals surface area contributed by atoms with E-state index in [0.29, 0.717) is 22.4 Å². The van der Waals surface area contributed by atoms with E-state index in [1.807, 2.05) is 6.07 Å². The first-order valence-electron chi connectivity index (χ1n) is 6.29. The third kappa shape index (κ3) is 2.58. The number of aromatic nitrogens is 1. The number of halogens is 2. The second kappa shape index (κ2) is 5.43. The second-order valence-corrected chi connectivity index (χ2v) is 5.36. The van der Waals surface area contributed by atoms with Crippen LogP contribution >= 0.6 is 23.2 Å². The summed E-state index contributed by atoms with van der Waals surface area (Å²) < 4.78 is 11.0. The molecule has 0 N–H and O–H groups in total. The third-order valence-corrected chi connectivity index (χ3v) is 4.11. The molecule has 0 saturated heterocycles. The van der Waals surface area contributed by atoms with E-state index in [0.717, 1.165) is 24.3 Å². The van der Waals surface area contributed by atoms with Crippen molar-refractivity contribution in [2.75, 3.05) is 0 Å². The standard InChI is InChI=1S/C14H13Cl2NO2/c15-10-5-3-7-13(14(10)16)18-8-11-9-4-1-2-6-12(9)19-17-11/h3,5,7H,1-2,4,6,8H2. The van der Waals surface area contributed by atoms with Crippen molar-refractivity contribution in [2.45, 2.75) is 32.3 Å². The Bertz CT molecular complexity index is 595. The van der Waals surface area contributed by atoms with Crippen molar-refractivity contribution < 1.29 is 9.26 Å². The number of ether oxygens (including phenoxy) is 1. The lowest BCUT2D eigenvalue weighted by atomic mass is 9.97. The van der Waals surface area contributed by atoms with Crippen LogP contribution in [0.15, 0.2) is 22.7 Å². The topological polar surface area (TPSA) is 35.3 Å². The highest BCUT2D eigenvalue weighted by molar-refractivity contribution is 6.42. The first-order valence-corrected chi connectivity index (χ1v) is 7.04. The van der Waals surface area contributed by atoms with E-state index in [4.69, 9.17) is 32.5 Å². The van der Waals surface area contributed by atoms with E-state index in [-0.39, 0.29) is 0 Å². The average molecular weight is 298 g/mol. The lowest BCUT2D eigenvalue weighted by Gasteiger charge is -2.10. The van der Waals surface area contributed by atoms with Crippen LogP contribution in [-0.4, -0.2) is 5.16 Å². The molecule has 2 aromatic rings. The van der Waals surface area contributed by atoms with Crippen LogP contribution in [0.5, 0.6) is 5.75 Å². The number of hydrogen-bond donors (Lipinski definition) is 0. The number of hydrogen-bond acceptors (Lipinski definition) is 3. The van der Waals surface area contributed by atoms with Crippen LogP contribution in [0.4, 0.5) is 0 Å². The fourth-order valence-corrected chi connectivity index (χ4v) is 2.65. The molecule has 0 saturated carbocycles. The summed E-state index contributed by atoms with van der Waals surface area (Å²) in [6.45, 7) is 0.360. The summed E-state index contributed by atoms with van der Waals surface area (Å²) in [6, 6.07) is 5.33. The van der Waals surface area contributed by atoms with E-state index in [9.17, 15) is 0 Å².